The molecule has 108 valence electrons. The van der Waals surface area contributed by atoms with Gasteiger partial charge in [0.25, 0.3) is 0 Å². The Bertz CT molecular complexity index is 394. The van der Waals surface area contributed by atoms with Gasteiger partial charge in [0.05, 0.1) is 25.3 Å². The lowest BCUT2D eigenvalue weighted by molar-refractivity contribution is -0.126. The highest BCUT2D eigenvalue weighted by Crippen LogP contribution is 2.21. The second-order valence-electron chi connectivity index (χ2n) is 4.47. The molecule has 1 rings (SSSR count). The van der Waals surface area contributed by atoms with Crippen molar-refractivity contribution >= 4 is 0 Å². The van der Waals surface area contributed by atoms with Gasteiger partial charge in [0.2, 0.25) is 0 Å². The fraction of sp³-hybridized carbons (Fsp3) is 0.538. The van der Waals surface area contributed by atoms with Gasteiger partial charge in [0.15, 0.2) is 0 Å². The average molecular weight is 277 g/mol. The molecular weight excluding hydrogens is 259 g/mol. The predicted octanol–water partition coefficient (Wildman–Crippen LogP) is 2.66. The monoisotopic (exact) mass is 277 g/mol. The Morgan fingerprint density at radius 1 is 1.32 bits per heavy atom. The van der Waals surface area contributed by atoms with Crippen LogP contribution in [0.25, 0.3) is 0 Å². The molecule has 0 amide bonds. The number of hydrogen-bond acceptors (Lipinski definition) is 3. The van der Waals surface area contributed by atoms with Gasteiger partial charge in [-0.15, -0.1) is 0 Å². The number of aliphatic hydroxyl groups is 1. The summed E-state index contributed by atoms with van der Waals surface area (Å²) in [6, 6.07) is 5.92. The van der Waals surface area contributed by atoms with E-state index in [2.05, 4.69) is 5.32 Å². The first-order valence-electron chi connectivity index (χ1n) is 5.99. The first kappa shape index (κ1) is 15.8. The Labute approximate surface area is 110 Å². The van der Waals surface area contributed by atoms with Crippen LogP contribution in [-0.2, 0) is 0 Å². The van der Waals surface area contributed by atoms with E-state index in [0.717, 1.165) is 0 Å². The van der Waals surface area contributed by atoms with Crippen LogP contribution in [0.3, 0.4) is 0 Å². The summed E-state index contributed by atoms with van der Waals surface area (Å²) in [5.74, 6) is 0.569. The molecule has 0 radical (unpaired) electrons. The van der Waals surface area contributed by atoms with Gasteiger partial charge in [-0.05, 0) is 31.5 Å². The number of alkyl halides is 3. The highest BCUT2D eigenvalue weighted by Gasteiger charge is 2.28. The number of hydrogen-bond donors (Lipinski definition) is 2. The second-order valence-corrected chi connectivity index (χ2v) is 4.47. The van der Waals surface area contributed by atoms with Gasteiger partial charge in [0, 0.05) is 0 Å². The molecule has 0 saturated heterocycles. The van der Waals surface area contributed by atoms with Crippen LogP contribution in [0.1, 0.15) is 25.5 Å². The molecule has 0 bridgehead atoms. The molecule has 0 aliphatic rings. The van der Waals surface area contributed by atoms with Crippen molar-refractivity contribution in [2.45, 2.75) is 32.2 Å². The van der Waals surface area contributed by atoms with Crippen molar-refractivity contribution in [3.8, 4) is 5.75 Å². The number of ether oxygens (including phenoxy) is 1. The summed E-state index contributed by atoms with van der Waals surface area (Å²) in [4.78, 5) is 0. The number of aliphatic hydroxyl groups excluding tert-OH is 1. The first-order valence-corrected chi connectivity index (χ1v) is 5.99. The summed E-state index contributed by atoms with van der Waals surface area (Å²) in [7, 11) is 0. The minimum atomic E-state index is -4.31. The van der Waals surface area contributed by atoms with E-state index in [1.165, 1.54) is 0 Å². The Hall–Kier alpha value is -1.27. The lowest BCUT2D eigenvalue weighted by atomic mass is 10.1. The molecule has 6 heteroatoms. The molecule has 1 aromatic rings. The maximum atomic E-state index is 12.2. The molecule has 1 atom stereocenters. The van der Waals surface area contributed by atoms with E-state index in [1.807, 2.05) is 13.8 Å². The summed E-state index contributed by atoms with van der Waals surface area (Å²) in [6.45, 7) is 2.16. The maximum Gasteiger partial charge on any atom is 0.401 e. The molecule has 1 aromatic carbocycles. The third-order valence-electron chi connectivity index (χ3n) is 2.36. The Morgan fingerprint density at radius 3 is 2.53 bits per heavy atom. The van der Waals surface area contributed by atoms with Gasteiger partial charge < -0.3 is 9.84 Å². The minimum absolute atomic E-state index is 0.0223. The van der Waals surface area contributed by atoms with Crippen molar-refractivity contribution in [1.82, 2.24) is 5.32 Å². The van der Waals surface area contributed by atoms with Crippen LogP contribution >= 0.6 is 0 Å². The first-order chi connectivity index (χ1) is 8.81. The fourth-order valence-electron chi connectivity index (χ4n) is 1.60. The normalized spacial score (nSPS) is 13.6. The van der Waals surface area contributed by atoms with Crippen LogP contribution in [0.4, 0.5) is 13.2 Å². The van der Waals surface area contributed by atoms with E-state index in [9.17, 15) is 18.3 Å². The van der Waals surface area contributed by atoms with Gasteiger partial charge in [-0.2, -0.15) is 13.2 Å². The highest BCUT2D eigenvalue weighted by atomic mass is 19.4. The van der Waals surface area contributed by atoms with Crippen molar-refractivity contribution in [1.29, 1.82) is 0 Å². The number of nitrogens with one attached hydrogen (secondary N) is 1. The molecule has 2 N–H and O–H groups in total. The summed E-state index contributed by atoms with van der Waals surface area (Å²) in [6.07, 6.45) is -4.33. The molecule has 19 heavy (non-hydrogen) atoms. The lowest BCUT2D eigenvalue weighted by Gasteiger charge is -2.19. The summed E-state index contributed by atoms with van der Waals surface area (Å²) >= 11 is 0. The molecular formula is C13H18F3NO2. The van der Waals surface area contributed by atoms with Crippen molar-refractivity contribution in [2.75, 3.05) is 13.2 Å². The predicted molar refractivity (Wildman–Crippen MR) is 66.1 cm³/mol. The second kappa shape index (κ2) is 6.77. The summed E-state index contributed by atoms with van der Waals surface area (Å²) in [5.41, 5.74) is 0.560. The largest absolute Gasteiger partial charge is 0.491 e. The molecule has 0 fully saturated rings. The Balaban J connectivity index is 2.75. The molecule has 0 aliphatic heterocycles. The average Bonchev–Trinajstić information content (AvgIpc) is 2.28. The van der Waals surface area contributed by atoms with Gasteiger partial charge >= 0.3 is 6.18 Å². The van der Waals surface area contributed by atoms with Crippen molar-refractivity contribution in [3.63, 3.8) is 0 Å². The minimum Gasteiger partial charge on any atom is -0.491 e. The molecule has 0 saturated carbocycles. The molecule has 3 nitrogen and oxygen atoms in total. The standard InChI is InChI=1S/C13H18F3NO2/c1-9(2)19-11-5-3-4-10(6-11)12(7-18)17-8-13(14,15)16/h3-6,9,12,17-18H,7-8H2,1-2H3. The number of benzene rings is 1. The SMILES string of the molecule is CC(C)Oc1cccc(C(CO)NCC(F)(F)F)c1. The van der Waals surface area contributed by atoms with Gasteiger partial charge in [-0.25, -0.2) is 0 Å². The molecule has 0 heterocycles. The third-order valence-corrected chi connectivity index (χ3v) is 2.36. The number of rotatable bonds is 6. The molecule has 0 aliphatic carbocycles. The molecule has 0 aromatic heterocycles. The van der Waals surface area contributed by atoms with Crippen molar-refractivity contribution < 1.29 is 23.0 Å². The van der Waals surface area contributed by atoms with E-state index < -0.39 is 25.4 Å². The quantitative estimate of drug-likeness (QED) is 0.840. The zero-order valence-electron chi connectivity index (χ0n) is 10.9. The van der Waals surface area contributed by atoms with Crippen LogP contribution in [0, 0.1) is 0 Å². The van der Waals surface area contributed by atoms with Crippen LogP contribution in [-0.4, -0.2) is 30.5 Å². The summed E-state index contributed by atoms with van der Waals surface area (Å²) < 4.78 is 41.9. The lowest BCUT2D eigenvalue weighted by Crippen LogP contribution is -2.33. The van der Waals surface area contributed by atoms with Crippen LogP contribution < -0.4 is 10.1 Å². The van der Waals surface area contributed by atoms with E-state index in [1.54, 1.807) is 24.3 Å². The highest BCUT2D eigenvalue weighted by molar-refractivity contribution is 5.30. The van der Waals surface area contributed by atoms with E-state index >= 15 is 0 Å². The molecule has 0 spiro atoms. The van der Waals surface area contributed by atoms with Crippen molar-refractivity contribution in [3.05, 3.63) is 29.8 Å². The summed E-state index contributed by atoms with van der Waals surface area (Å²) in [5, 5.41) is 11.5. The van der Waals surface area contributed by atoms with Crippen LogP contribution in [0.2, 0.25) is 0 Å². The molecule has 1 unspecified atom stereocenters. The smallest absolute Gasteiger partial charge is 0.401 e. The van der Waals surface area contributed by atoms with E-state index in [4.69, 9.17) is 4.74 Å². The van der Waals surface area contributed by atoms with Crippen LogP contribution in [0.15, 0.2) is 24.3 Å². The zero-order valence-corrected chi connectivity index (χ0v) is 10.9. The van der Waals surface area contributed by atoms with Crippen molar-refractivity contribution in [2.24, 2.45) is 0 Å². The fourth-order valence-corrected chi connectivity index (χ4v) is 1.60. The topological polar surface area (TPSA) is 41.5 Å². The Kier molecular flexibility index (Phi) is 5.62. The zero-order chi connectivity index (χ0) is 14.5. The van der Waals surface area contributed by atoms with E-state index in [0.29, 0.717) is 11.3 Å². The maximum absolute atomic E-state index is 12.2. The van der Waals surface area contributed by atoms with Gasteiger partial charge in [-0.3, -0.25) is 5.32 Å². The Morgan fingerprint density at radius 2 is 2.00 bits per heavy atom. The number of halogens is 3. The van der Waals surface area contributed by atoms with E-state index in [-0.39, 0.29) is 6.10 Å². The van der Waals surface area contributed by atoms with Crippen LogP contribution in [0.5, 0.6) is 5.75 Å². The van der Waals surface area contributed by atoms with Gasteiger partial charge in [0.1, 0.15) is 5.75 Å². The van der Waals surface area contributed by atoms with Gasteiger partial charge in [-0.1, -0.05) is 12.1 Å². The third kappa shape index (κ3) is 5.94.